The molecule has 0 amide bonds. The molecule has 0 spiro atoms. The van der Waals surface area contributed by atoms with Gasteiger partial charge in [0.2, 0.25) is 10.9 Å². The van der Waals surface area contributed by atoms with Crippen LogP contribution in [0.1, 0.15) is 26.2 Å². The summed E-state index contributed by atoms with van der Waals surface area (Å²) in [6.45, 7) is 2.67. The van der Waals surface area contributed by atoms with Crippen molar-refractivity contribution in [3.8, 4) is 0 Å². The summed E-state index contributed by atoms with van der Waals surface area (Å²) in [4.78, 5) is 0. The van der Waals surface area contributed by atoms with Gasteiger partial charge in [0.05, 0.1) is 0 Å². The molecule has 0 aliphatic heterocycles. The summed E-state index contributed by atoms with van der Waals surface area (Å²) in [7, 11) is -2.37. The molecule has 0 unspecified atom stereocenters. The topological polar surface area (TPSA) is 46.2 Å². The van der Waals surface area contributed by atoms with Gasteiger partial charge in [0.15, 0.2) is 0 Å². The van der Waals surface area contributed by atoms with Crippen LogP contribution in [0.3, 0.4) is 0 Å². The molecule has 0 saturated carbocycles. The minimum atomic E-state index is -2.37. The van der Waals surface area contributed by atoms with E-state index in [1.165, 1.54) is 0 Å². The molecular formula is C5H14NNaO2S. The van der Waals surface area contributed by atoms with E-state index in [1.54, 1.807) is 0 Å². The molecule has 1 N–H and O–H groups in total. The Morgan fingerprint density at radius 3 is 2.30 bits per heavy atom. The molecule has 0 fully saturated rings. The average Bonchev–Trinajstić information content (AvgIpc) is 1.80. The van der Waals surface area contributed by atoms with Gasteiger partial charge in [-0.3, -0.25) is 0 Å². The van der Waals surface area contributed by atoms with Gasteiger partial charge in [0.25, 0.3) is 0 Å². The molecule has 0 aliphatic carbocycles. The third-order valence-electron chi connectivity index (χ3n) is 1.02. The normalized spacial score (nSPS) is 9.40. The second kappa shape index (κ2) is 9.91. The van der Waals surface area contributed by atoms with Crippen LogP contribution in [-0.2, 0) is 10.9 Å². The second-order valence-electron chi connectivity index (χ2n) is 1.87. The van der Waals surface area contributed by atoms with Crippen molar-refractivity contribution >= 4 is 40.4 Å². The summed E-state index contributed by atoms with van der Waals surface area (Å²) >= 11 is 0. The van der Waals surface area contributed by atoms with Crippen molar-refractivity contribution in [3.05, 3.63) is 0 Å². The van der Waals surface area contributed by atoms with Crippen molar-refractivity contribution in [3.63, 3.8) is 0 Å². The van der Waals surface area contributed by atoms with Gasteiger partial charge in [0.1, 0.15) is 0 Å². The van der Waals surface area contributed by atoms with Crippen molar-refractivity contribution < 1.29 is 8.42 Å². The first kappa shape index (κ1) is 13.5. The van der Waals surface area contributed by atoms with Gasteiger partial charge < -0.3 is 0 Å². The van der Waals surface area contributed by atoms with Crippen LogP contribution in [0, 0.1) is 0 Å². The van der Waals surface area contributed by atoms with Crippen molar-refractivity contribution in [1.82, 2.24) is 4.72 Å². The van der Waals surface area contributed by atoms with Crippen LogP contribution in [0.5, 0.6) is 0 Å². The van der Waals surface area contributed by atoms with Crippen molar-refractivity contribution in [1.29, 1.82) is 0 Å². The van der Waals surface area contributed by atoms with Gasteiger partial charge in [-0.1, -0.05) is 19.8 Å². The van der Waals surface area contributed by atoms with E-state index in [1.807, 2.05) is 0 Å². The van der Waals surface area contributed by atoms with E-state index < -0.39 is 10.9 Å². The number of hydrogen-bond acceptors (Lipinski definition) is 2. The quantitative estimate of drug-likeness (QED) is 0.340. The van der Waals surface area contributed by atoms with Crippen molar-refractivity contribution in [2.45, 2.75) is 26.2 Å². The van der Waals surface area contributed by atoms with Gasteiger partial charge >= 0.3 is 29.6 Å². The first-order valence-electron chi connectivity index (χ1n) is 3.15. The molecule has 0 aromatic heterocycles. The van der Waals surface area contributed by atoms with Crippen LogP contribution in [-0.4, -0.2) is 44.5 Å². The van der Waals surface area contributed by atoms with Gasteiger partial charge in [-0.15, -0.1) is 0 Å². The average molecular weight is 175 g/mol. The summed E-state index contributed by atoms with van der Waals surface area (Å²) < 4.78 is 22.1. The molecule has 3 nitrogen and oxygen atoms in total. The SMILES string of the molecule is CCCCCN[SH](=O)=O.[NaH]. The van der Waals surface area contributed by atoms with Crippen molar-refractivity contribution in [2.75, 3.05) is 6.54 Å². The van der Waals surface area contributed by atoms with Crippen LogP contribution in [0.4, 0.5) is 0 Å². The van der Waals surface area contributed by atoms with Gasteiger partial charge in [0, 0.05) is 6.54 Å². The zero-order valence-electron chi connectivity index (χ0n) is 5.59. The third-order valence-corrected chi connectivity index (χ3v) is 1.50. The van der Waals surface area contributed by atoms with Crippen LogP contribution in [0.15, 0.2) is 0 Å². The first-order valence-corrected chi connectivity index (χ1v) is 4.33. The molecule has 0 atom stereocenters. The van der Waals surface area contributed by atoms with Crippen LogP contribution in [0.2, 0.25) is 0 Å². The van der Waals surface area contributed by atoms with Gasteiger partial charge in [-0.2, -0.15) is 0 Å². The van der Waals surface area contributed by atoms with Crippen molar-refractivity contribution in [2.24, 2.45) is 0 Å². The standard InChI is InChI=1S/C5H13NO2S.Na.H/c1-2-3-4-5-6-9(7)8;;/h9H,2-5H2,1H3,(H,6,7,8);;. The number of nitrogens with one attached hydrogen (secondary N) is 1. The fourth-order valence-corrected chi connectivity index (χ4v) is 0.886. The molecule has 0 aromatic rings. The number of thiol groups is 1. The monoisotopic (exact) mass is 175 g/mol. The van der Waals surface area contributed by atoms with E-state index in [-0.39, 0.29) is 29.6 Å². The molecule has 58 valence electrons. The maximum atomic E-state index is 9.89. The fourth-order valence-electron chi connectivity index (χ4n) is 0.545. The predicted octanol–water partition coefficient (Wildman–Crippen LogP) is -0.356. The number of rotatable bonds is 5. The second-order valence-corrected chi connectivity index (χ2v) is 2.70. The predicted molar refractivity (Wildman–Crippen MR) is 45.0 cm³/mol. The Hall–Kier alpha value is 0.910. The Morgan fingerprint density at radius 1 is 1.30 bits per heavy atom. The molecule has 0 bridgehead atoms. The van der Waals surface area contributed by atoms with E-state index in [4.69, 9.17) is 0 Å². The zero-order valence-corrected chi connectivity index (χ0v) is 6.49. The molecule has 0 saturated heterocycles. The van der Waals surface area contributed by atoms with Gasteiger partial charge in [-0.05, 0) is 6.42 Å². The molecule has 0 radical (unpaired) electrons. The molecule has 0 aliphatic rings. The number of unbranched alkanes of at least 4 members (excludes halogenated alkanes) is 2. The Labute approximate surface area is 86.0 Å². The Kier molecular flexibility index (Phi) is 13.4. The van der Waals surface area contributed by atoms with Crippen LogP contribution in [0.25, 0.3) is 0 Å². The van der Waals surface area contributed by atoms with E-state index in [0.29, 0.717) is 6.54 Å². The first-order chi connectivity index (χ1) is 4.27. The van der Waals surface area contributed by atoms with E-state index in [2.05, 4.69) is 11.6 Å². The summed E-state index contributed by atoms with van der Waals surface area (Å²) in [5.41, 5.74) is 0. The van der Waals surface area contributed by atoms with Gasteiger partial charge in [-0.25, -0.2) is 13.1 Å². The molecule has 0 rings (SSSR count). The molecule has 10 heavy (non-hydrogen) atoms. The fraction of sp³-hybridized carbons (Fsp3) is 1.00. The van der Waals surface area contributed by atoms with Crippen LogP contribution < -0.4 is 4.72 Å². The van der Waals surface area contributed by atoms with Crippen LogP contribution >= 0.6 is 0 Å². The zero-order chi connectivity index (χ0) is 7.11. The molecular weight excluding hydrogens is 161 g/mol. The third kappa shape index (κ3) is 11.7. The summed E-state index contributed by atoms with van der Waals surface area (Å²) in [6.07, 6.45) is 3.16. The maximum absolute atomic E-state index is 9.89. The molecule has 0 heterocycles. The summed E-state index contributed by atoms with van der Waals surface area (Å²) in [5, 5.41) is 0. The van der Waals surface area contributed by atoms with E-state index in [0.717, 1.165) is 19.3 Å². The Balaban J connectivity index is 0. The van der Waals surface area contributed by atoms with E-state index >= 15 is 0 Å². The summed E-state index contributed by atoms with van der Waals surface area (Å²) in [5.74, 6) is 0. The summed E-state index contributed by atoms with van der Waals surface area (Å²) in [6, 6.07) is 0. The Morgan fingerprint density at radius 2 is 1.90 bits per heavy atom. The number of hydrogen-bond donors (Lipinski definition) is 2. The minimum absolute atomic E-state index is 0. The molecule has 0 aromatic carbocycles. The Bertz CT molecular complexity index is 119. The van der Waals surface area contributed by atoms with E-state index in [9.17, 15) is 8.42 Å². The molecule has 5 heteroatoms.